The Morgan fingerprint density at radius 3 is 2.38 bits per heavy atom. The summed E-state index contributed by atoms with van der Waals surface area (Å²) in [5.74, 6) is 0.0323. The maximum atomic E-state index is 11.6. The summed E-state index contributed by atoms with van der Waals surface area (Å²) in [7, 11) is 1.69. The molecule has 0 bridgehead atoms. The molecule has 0 rings (SSSR count). The van der Waals surface area contributed by atoms with Gasteiger partial charge in [-0.2, -0.15) is 0 Å². The Labute approximate surface area is 98.0 Å². The van der Waals surface area contributed by atoms with E-state index in [4.69, 9.17) is 4.74 Å². The second-order valence-corrected chi connectivity index (χ2v) is 4.99. The minimum absolute atomic E-state index is 0.0323. The molecule has 16 heavy (non-hydrogen) atoms. The molecule has 0 heterocycles. The Hall–Kier alpha value is -1.06. The van der Waals surface area contributed by atoms with Gasteiger partial charge < -0.3 is 14.4 Å². The van der Waals surface area contributed by atoms with E-state index in [2.05, 4.69) is 0 Å². The summed E-state index contributed by atoms with van der Waals surface area (Å²) in [6.07, 6.45) is 2.11. The fourth-order valence-corrected chi connectivity index (χ4v) is 1.16. The van der Waals surface area contributed by atoms with Crippen molar-refractivity contribution in [1.29, 1.82) is 0 Å². The third kappa shape index (κ3) is 6.43. The third-order valence-electron chi connectivity index (χ3n) is 2.26. The molecule has 0 aromatic carbocycles. The lowest BCUT2D eigenvalue weighted by Gasteiger charge is -2.25. The van der Waals surface area contributed by atoms with E-state index >= 15 is 0 Å². The summed E-state index contributed by atoms with van der Waals surface area (Å²) in [6.45, 7) is 8.01. The van der Waals surface area contributed by atoms with Crippen LogP contribution in [0.4, 0.5) is 4.79 Å². The number of hydrogen-bond acceptors (Lipinski definition) is 3. The van der Waals surface area contributed by atoms with Crippen LogP contribution < -0.4 is 0 Å². The molecule has 4 heteroatoms. The van der Waals surface area contributed by atoms with Gasteiger partial charge in [-0.1, -0.05) is 6.92 Å². The van der Waals surface area contributed by atoms with E-state index in [0.717, 1.165) is 12.7 Å². The molecule has 0 aliphatic carbocycles. The van der Waals surface area contributed by atoms with Crippen LogP contribution in [-0.2, 0) is 9.53 Å². The summed E-state index contributed by atoms with van der Waals surface area (Å²) in [5.41, 5.74) is -0.472. The number of amides is 1. The molecule has 1 amide bonds. The zero-order valence-electron chi connectivity index (χ0n) is 10.9. The smallest absolute Gasteiger partial charge is 0.410 e. The molecular formula is C12H23NO3. The molecule has 1 unspecified atom stereocenters. The summed E-state index contributed by atoms with van der Waals surface area (Å²) in [4.78, 5) is 23.7. The Bertz CT molecular complexity index is 233. The van der Waals surface area contributed by atoms with Gasteiger partial charge in [0, 0.05) is 19.5 Å². The van der Waals surface area contributed by atoms with Crippen LogP contribution in [0.3, 0.4) is 0 Å². The molecule has 0 fully saturated rings. The van der Waals surface area contributed by atoms with Crippen LogP contribution in [0.15, 0.2) is 0 Å². The first-order chi connectivity index (χ1) is 7.30. The van der Waals surface area contributed by atoms with Gasteiger partial charge in [0.25, 0.3) is 0 Å². The maximum absolute atomic E-state index is 11.6. The van der Waals surface area contributed by atoms with Crippen LogP contribution in [0.2, 0.25) is 0 Å². The second kappa shape index (κ2) is 6.51. The quantitative estimate of drug-likeness (QED) is 0.680. The minimum atomic E-state index is -0.472. The topological polar surface area (TPSA) is 46.6 Å². The van der Waals surface area contributed by atoms with Gasteiger partial charge in [-0.3, -0.25) is 0 Å². The van der Waals surface area contributed by atoms with E-state index in [0.29, 0.717) is 13.0 Å². The maximum Gasteiger partial charge on any atom is 0.410 e. The van der Waals surface area contributed by atoms with E-state index in [9.17, 15) is 9.59 Å². The van der Waals surface area contributed by atoms with Crippen molar-refractivity contribution in [1.82, 2.24) is 4.90 Å². The standard InChI is InChI=1S/C12H23NO3/c1-6-10(9-14)7-8-13(5)11(15)16-12(2,3)4/h9-10H,6-8H2,1-5H3. The van der Waals surface area contributed by atoms with Crippen LogP contribution in [-0.4, -0.2) is 36.5 Å². The van der Waals surface area contributed by atoms with Crippen molar-refractivity contribution in [3.63, 3.8) is 0 Å². The molecule has 1 atom stereocenters. The first-order valence-corrected chi connectivity index (χ1v) is 5.69. The van der Waals surface area contributed by atoms with Crippen molar-refractivity contribution >= 4 is 12.4 Å². The summed E-state index contributed by atoms with van der Waals surface area (Å²) < 4.78 is 5.20. The van der Waals surface area contributed by atoms with Crippen molar-refractivity contribution in [2.24, 2.45) is 5.92 Å². The monoisotopic (exact) mass is 229 g/mol. The average molecular weight is 229 g/mol. The van der Waals surface area contributed by atoms with Crippen molar-refractivity contribution in [2.75, 3.05) is 13.6 Å². The Morgan fingerprint density at radius 2 is 2.00 bits per heavy atom. The average Bonchev–Trinajstić information content (AvgIpc) is 2.16. The molecular weight excluding hydrogens is 206 g/mol. The molecule has 0 saturated heterocycles. The van der Waals surface area contributed by atoms with Gasteiger partial charge in [0.15, 0.2) is 0 Å². The van der Waals surface area contributed by atoms with Crippen LogP contribution in [0.25, 0.3) is 0 Å². The number of nitrogens with zero attached hydrogens (tertiary/aromatic N) is 1. The number of carbonyl (C=O) groups is 2. The van der Waals surface area contributed by atoms with Crippen LogP contribution in [0.5, 0.6) is 0 Å². The van der Waals surface area contributed by atoms with Gasteiger partial charge in [-0.25, -0.2) is 4.79 Å². The Morgan fingerprint density at radius 1 is 1.44 bits per heavy atom. The zero-order chi connectivity index (χ0) is 12.8. The highest BCUT2D eigenvalue weighted by Gasteiger charge is 2.19. The molecule has 4 nitrogen and oxygen atoms in total. The number of aldehydes is 1. The minimum Gasteiger partial charge on any atom is -0.444 e. The number of hydrogen-bond donors (Lipinski definition) is 0. The van der Waals surface area contributed by atoms with Gasteiger partial charge in [0.05, 0.1) is 0 Å². The summed E-state index contributed by atoms with van der Waals surface area (Å²) in [6, 6.07) is 0. The molecule has 0 aromatic rings. The lowest BCUT2D eigenvalue weighted by atomic mass is 10.0. The molecule has 0 spiro atoms. The SMILES string of the molecule is CCC(C=O)CCN(C)C(=O)OC(C)(C)C. The number of carbonyl (C=O) groups excluding carboxylic acids is 2. The Balaban J connectivity index is 4.01. The van der Waals surface area contributed by atoms with Gasteiger partial charge in [-0.05, 0) is 33.6 Å². The zero-order valence-corrected chi connectivity index (χ0v) is 10.9. The van der Waals surface area contributed by atoms with E-state index in [1.54, 1.807) is 7.05 Å². The van der Waals surface area contributed by atoms with Crippen molar-refractivity contribution < 1.29 is 14.3 Å². The van der Waals surface area contributed by atoms with Crippen LogP contribution >= 0.6 is 0 Å². The van der Waals surface area contributed by atoms with Crippen molar-refractivity contribution in [2.45, 2.75) is 46.1 Å². The number of ether oxygens (including phenoxy) is 1. The summed E-state index contributed by atoms with van der Waals surface area (Å²) in [5, 5.41) is 0. The van der Waals surface area contributed by atoms with E-state index in [-0.39, 0.29) is 12.0 Å². The molecule has 0 aliphatic heterocycles. The molecule has 0 aliphatic rings. The molecule has 0 N–H and O–H groups in total. The molecule has 0 radical (unpaired) electrons. The van der Waals surface area contributed by atoms with Gasteiger partial charge in [-0.15, -0.1) is 0 Å². The van der Waals surface area contributed by atoms with Gasteiger partial charge in [0.1, 0.15) is 11.9 Å². The first-order valence-electron chi connectivity index (χ1n) is 5.69. The lowest BCUT2D eigenvalue weighted by molar-refractivity contribution is -0.111. The Kier molecular flexibility index (Phi) is 6.08. The lowest BCUT2D eigenvalue weighted by Crippen LogP contribution is -2.35. The normalized spacial score (nSPS) is 13.1. The van der Waals surface area contributed by atoms with Crippen molar-refractivity contribution in [3.05, 3.63) is 0 Å². The third-order valence-corrected chi connectivity index (χ3v) is 2.26. The molecule has 0 saturated carbocycles. The fraction of sp³-hybridized carbons (Fsp3) is 0.833. The highest BCUT2D eigenvalue weighted by Crippen LogP contribution is 2.11. The highest BCUT2D eigenvalue weighted by atomic mass is 16.6. The van der Waals surface area contributed by atoms with Gasteiger partial charge in [0.2, 0.25) is 0 Å². The highest BCUT2D eigenvalue weighted by molar-refractivity contribution is 5.67. The predicted molar refractivity (Wildman–Crippen MR) is 63.3 cm³/mol. The van der Waals surface area contributed by atoms with Gasteiger partial charge >= 0.3 is 6.09 Å². The van der Waals surface area contributed by atoms with Crippen LogP contribution in [0.1, 0.15) is 40.5 Å². The predicted octanol–water partition coefficient (Wildman–Crippen LogP) is 2.47. The van der Waals surface area contributed by atoms with Crippen molar-refractivity contribution in [3.8, 4) is 0 Å². The molecule has 94 valence electrons. The van der Waals surface area contributed by atoms with E-state index < -0.39 is 5.60 Å². The molecule has 0 aromatic heterocycles. The fourth-order valence-electron chi connectivity index (χ4n) is 1.16. The largest absolute Gasteiger partial charge is 0.444 e. The first kappa shape index (κ1) is 14.9. The number of rotatable bonds is 5. The van der Waals surface area contributed by atoms with Crippen LogP contribution in [0, 0.1) is 5.92 Å². The summed E-state index contributed by atoms with van der Waals surface area (Å²) >= 11 is 0. The van der Waals surface area contributed by atoms with E-state index in [1.165, 1.54) is 4.90 Å². The second-order valence-electron chi connectivity index (χ2n) is 4.99. The van der Waals surface area contributed by atoms with E-state index in [1.807, 2.05) is 27.7 Å².